The first-order chi connectivity index (χ1) is 4.83. The number of rotatable bonds is 4. The first-order valence-electron chi connectivity index (χ1n) is 2.83. The minimum atomic E-state index is -3.90. The summed E-state index contributed by atoms with van der Waals surface area (Å²) in [5.74, 6) is -0.604. The molecular weight excluding hydrogens is 194 g/mol. The number of hydrogen-bond acceptors (Lipinski definition) is 6. The average molecular weight is 208 g/mol. The molecule has 0 fully saturated rings. The summed E-state index contributed by atoms with van der Waals surface area (Å²) in [4.78, 5) is 35.6. The molecular formula is C3H14O6P2. The van der Waals surface area contributed by atoms with Gasteiger partial charge in [-0.15, -0.1) is 0 Å². The predicted octanol–water partition coefficient (Wildman–Crippen LogP) is -0.804. The molecule has 0 heterocycles. The second-order valence-corrected chi connectivity index (χ2v) is 7.27. The van der Waals surface area contributed by atoms with E-state index in [1.807, 2.05) is 0 Å². The van der Waals surface area contributed by atoms with Crippen LogP contribution in [0.1, 0.15) is 0 Å². The second-order valence-electron chi connectivity index (χ2n) is 2.07. The molecule has 0 aromatic carbocycles. The number of hydrogen-bond donors (Lipinski definition) is 4. The van der Waals surface area contributed by atoms with Crippen molar-refractivity contribution < 1.29 is 28.6 Å². The molecule has 0 spiro atoms. The van der Waals surface area contributed by atoms with Crippen molar-refractivity contribution in [2.75, 3.05) is 20.1 Å². The zero-order chi connectivity index (χ0) is 9.12. The maximum absolute atomic E-state index is 8.90. The van der Waals surface area contributed by atoms with Gasteiger partial charge in [0.05, 0.1) is 0 Å². The van der Waals surface area contributed by atoms with E-state index >= 15 is 0 Å². The van der Waals surface area contributed by atoms with Crippen LogP contribution in [0.2, 0.25) is 0 Å². The summed E-state index contributed by atoms with van der Waals surface area (Å²) in [6.07, 6.45) is 0. The Balaban J connectivity index is 4.02. The van der Waals surface area contributed by atoms with Crippen LogP contribution in [0.15, 0.2) is 0 Å². The van der Waals surface area contributed by atoms with Gasteiger partial charge in [-0.3, -0.25) is 0 Å². The summed E-state index contributed by atoms with van der Waals surface area (Å²) < 4.78 is 8.52. The van der Waals surface area contributed by atoms with Crippen LogP contribution in [-0.2, 0) is 9.05 Å². The molecule has 6 nitrogen and oxygen atoms in total. The first-order valence-corrected chi connectivity index (χ1v) is 6.85. The van der Waals surface area contributed by atoms with E-state index < -0.39 is 21.8 Å². The van der Waals surface area contributed by atoms with E-state index in [1.54, 1.807) is 0 Å². The fourth-order valence-electron chi connectivity index (χ4n) is 0.444. The van der Waals surface area contributed by atoms with Crippen LogP contribution in [0, 0.1) is 0 Å². The van der Waals surface area contributed by atoms with Crippen LogP contribution in [0.4, 0.5) is 0 Å². The summed E-state index contributed by atoms with van der Waals surface area (Å²) in [5, 5.41) is 0. The van der Waals surface area contributed by atoms with Gasteiger partial charge in [-0.2, -0.15) is 0 Å². The average Bonchev–Trinajstić information content (AvgIpc) is 1.86. The molecule has 0 amide bonds. The van der Waals surface area contributed by atoms with Crippen LogP contribution in [-0.4, -0.2) is 39.7 Å². The van der Waals surface area contributed by atoms with E-state index in [4.69, 9.17) is 19.6 Å². The Morgan fingerprint density at radius 3 is 1.36 bits per heavy atom. The van der Waals surface area contributed by atoms with E-state index in [9.17, 15) is 0 Å². The molecule has 0 unspecified atom stereocenters. The fraction of sp³-hybridized carbons (Fsp3) is 1.00. The third kappa shape index (κ3) is 4.95. The van der Waals surface area contributed by atoms with E-state index in [-0.39, 0.29) is 0 Å². The Bertz CT molecular complexity index is 111. The van der Waals surface area contributed by atoms with Crippen LogP contribution < -0.4 is 0 Å². The first kappa shape index (κ1) is 11.6. The van der Waals surface area contributed by atoms with Gasteiger partial charge >= 0.3 is 64.6 Å². The van der Waals surface area contributed by atoms with Crippen molar-refractivity contribution in [3.8, 4) is 0 Å². The normalized spacial score (nSPS) is 16.5. The Labute approximate surface area is 65.6 Å². The SMILES string of the molecule is CO[PH](O)(O)C[PH](O)(O)OC. The Hall–Kier alpha value is 0.620. The monoisotopic (exact) mass is 208 g/mol. The zero-order valence-corrected chi connectivity index (χ0v) is 8.31. The van der Waals surface area contributed by atoms with Crippen molar-refractivity contribution in [3.05, 3.63) is 0 Å². The molecule has 0 aromatic heterocycles. The summed E-state index contributed by atoms with van der Waals surface area (Å²) in [6.45, 7) is 0. The molecule has 0 atom stereocenters. The molecule has 0 radical (unpaired) electrons. The van der Waals surface area contributed by atoms with Gasteiger partial charge in [-0.25, -0.2) is 0 Å². The van der Waals surface area contributed by atoms with Crippen LogP contribution >= 0.6 is 15.9 Å². The van der Waals surface area contributed by atoms with E-state index in [2.05, 4.69) is 9.05 Å². The van der Waals surface area contributed by atoms with E-state index in [1.165, 1.54) is 0 Å². The van der Waals surface area contributed by atoms with Crippen molar-refractivity contribution in [3.63, 3.8) is 0 Å². The van der Waals surface area contributed by atoms with E-state index in [0.717, 1.165) is 14.2 Å². The van der Waals surface area contributed by atoms with Crippen LogP contribution in [0.3, 0.4) is 0 Å². The second kappa shape index (κ2) is 4.03. The molecule has 72 valence electrons. The van der Waals surface area contributed by atoms with Gasteiger partial charge in [-0.1, -0.05) is 0 Å². The molecule has 0 rings (SSSR count). The summed E-state index contributed by atoms with van der Waals surface area (Å²) >= 11 is 0. The molecule has 0 aromatic rings. The summed E-state index contributed by atoms with van der Waals surface area (Å²) in [5.41, 5.74) is 0. The molecule has 0 aliphatic heterocycles. The molecule has 0 aliphatic rings. The summed E-state index contributed by atoms with van der Waals surface area (Å²) in [7, 11) is -5.61. The topological polar surface area (TPSA) is 99.4 Å². The summed E-state index contributed by atoms with van der Waals surface area (Å²) in [6, 6.07) is 0. The Kier molecular flexibility index (Phi) is 4.26. The standard InChI is InChI=1S/C3H14O6P2/c1-8-10(4,5)3-11(6,7)9-2/h4-7,10-11H,3H2,1-2H3. The quantitative estimate of drug-likeness (QED) is 0.451. The van der Waals surface area contributed by atoms with Gasteiger partial charge in [0.2, 0.25) is 0 Å². The molecule has 0 saturated carbocycles. The fourth-order valence-corrected chi connectivity index (χ4v) is 4.00. The van der Waals surface area contributed by atoms with Gasteiger partial charge in [-0.05, 0) is 0 Å². The third-order valence-electron chi connectivity index (χ3n) is 1.11. The molecule has 11 heavy (non-hydrogen) atoms. The minimum absolute atomic E-state index is 0.604. The van der Waals surface area contributed by atoms with Crippen molar-refractivity contribution in [2.24, 2.45) is 0 Å². The zero-order valence-electron chi connectivity index (χ0n) is 6.31. The molecule has 0 saturated heterocycles. The van der Waals surface area contributed by atoms with Gasteiger partial charge in [0.1, 0.15) is 0 Å². The van der Waals surface area contributed by atoms with Crippen molar-refractivity contribution in [1.29, 1.82) is 0 Å². The van der Waals surface area contributed by atoms with E-state index in [0.29, 0.717) is 0 Å². The van der Waals surface area contributed by atoms with Crippen molar-refractivity contribution in [1.82, 2.24) is 0 Å². The Morgan fingerprint density at radius 1 is 0.909 bits per heavy atom. The molecule has 4 N–H and O–H groups in total. The molecule has 8 heteroatoms. The maximum atomic E-state index is 8.90. The van der Waals surface area contributed by atoms with Gasteiger partial charge < -0.3 is 0 Å². The van der Waals surface area contributed by atoms with Gasteiger partial charge in [0.15, 0.2) is 0 Å². The Morgan fingerprint density at radius 2 is 1.18 bits per heavy atom. The molecule has 0 bridgehead atoms. The predicted molar refractivity (Wildman–Crippen MR) is 44.4 cm³/mol. The molecule has 0 aliphatic carbocycles. The van der Waals surface area contributed by atoms with Crippen molar-refractivity contribution in [2.45, 2.75) is 0 Å². The van der Waals surface area contributed by atoms with Gasteiger partial charge in [0, 0.05) is 0 Å². The van der Waals surface area contributed by atoms with Gasteiger partial charge in [0.25, 0.3) is 0 Å². The van der Waals surface area contributed by atoms with Crippen LogP contribution in [0.5, 0.6) is 0 Å². The third-order valence-corrected chi connectivity index (χ3v) is 6.11. The van der Waals surface area contributed by atoms with Crippen molar-refractivity contribution >= 4 is 15.9 Å². The van der Waals surface area contributed by atoms with Crippen LogP contribution in [0.25, 0.3) is 0 Å².